The minimum Gasteiger partial charge on any atom is -0.484 e. The van der Waals surface area contributed by atoms with Gasteiger partial charge >= 0.3 is 6.18 Å². The van der Waals surface area contributed by atoms with E-state index in [0.29, 0.717) is 28.3 Å². The first-order chi connectivity index (χ1) is 18.9. The molecule has 5 rings (SSSR count). The minimum atomic E-state index is -4.51. The van der Waals surface area contributed by atoms with Gasteiger partial charge in [0.25, 0.3) is 0 Å². The van der Waals surface area contributed by atoms with Gasteiger partial charge in [-0.05, 0) is 71.5 Å². The molecular weight excluding hydrogens is 536 g/mol. The second kappa shape index (κ2) is 10.3. The number of hydrogen-bond acceptors (Lipinski definition) is 4. The number of fused-ring (bicyclic) bond motifs is 1. The van der Waals surface area contributed by atoms with Crippen LogP contribution in [0.1, 0.15) is 23.6 Å². The average Bonchev–Trinajstić information content (AvgIpc) is 2.92. The summed E-state index contributed by atoms with van der Waals surface area (Å²) in [5, 5.41) is 0. The van der Waals surface area contributed by atoms with E-state index >= 15 is 0 Å². The van der Waals surface area contributed by atoms with Gasteiger partial charge in [0.15, 0.2) is 18.2 Å². The van der Waals surface area contributed by atoms with Crippen LogP contribution in [0, 0.1) is 17.5 Å². The van der Waals surface area contributed by atoms with Crippen molar-refractivity contribution in [3.8, 4) is 16.9 Å². The molecule has 0 N–H and O–H groups in total. The molecule has 1 aliphatic heterocycles. The van der Waals surface area contributed by atoms with Crippen LogP contribution in [-0.2, 0) is 23.2 Å². The molecule has 0 fully saturated rings. The highest BCUT2D eigenvalue weighted by molar-refractivity contribution is 6.02. The molecule has 40 heavy (non-hydrogen) atoms. The number of nitrogens with zero attached hydrogens (tertiary/aromatic N) is 3. The normalized spacial score (nSPS) is 17.1. The molecule has 1 amide bonds. The average molecular weight is 557 g/mol. The molecule has 1 atom stereocenters. The molecule has 5 nitrogen and oxygen atoms in total. The fourth-order valence-corrected chi connectivity index (χ4v) is 4.88. The van der Waals surface area contributed by atoms with E-state index in [4.69, 9.17) is 4.74 Å². The number of aromatic nitrogens is 2. The summed E-state index contributed by atoms with van der Waals surface area (Å²) in [7, 11) is 0. The van der Waals surface area contributed by atoms with Crippen molar-refractivity contribution in [2.75, 3.05) is 11.5 Å². The standard InChI is InChI=1S/C29H21F6N3O2/c1-28(14-20-10-21(30)13-24(31)25(20)32)23-12-18(17-4-2-5-22(11-17)40-16-29(33,34)35)6-7-19(23)15-38(26(28)39)27-36-8-3-9-37-27/h2-13H,14-16H2,1H3. The van der Waals surface area contributed by atoms with Crippen molar-refractivity contribution >= 4 is 11.9 Å². The number of carbonyl (C=O) groups is 1. The Balaban J connectivity index is 1.60. The molecule has 3 aromatic carbocycles. The zero-order chi connectivity index (χ0) is 28.7. The Labute approximate surface area is 225 Å². The molecule has 4 aromatic rings. The van der Waals surface area contributed by atoms with Crippen molar-refractivity contribution in [3.05, 3.63) is 107 Å². The third kappa shape index (κ3) is 5.36. The molecule has 1 aromatic heterocycles. The minimum absolute atomic E-state index is 0.00362. The van der Waals surface area contributed by atoms with Crippen LogP contribution in [0.25, 0.3) is 11.1 Å². The second-order valence-electron chi connectivity index (χ2n) is 9.61. The quantitative estimate of drug-likeness (QED) is 0.199. The first-order valence-electron chi connectivity index (χ1n) is 12.1. The van der Waals surface area contributed by atoms with Gasteiger partial charge in [-0.3, -0.25) is 9.69 Å². The van der Waals surface area contributed by atoms with Crippen LogP contribution < -0.4 is 9.64 Å². The third-order valence-corrected chi connectivity index (χ3v) is 6.73. The number of benzene rings is 3. The van der Waals surface area contributed by atoms with Crippen LogP contribution in [-0.4, -0.2) is 28.7 Å². The molecule has 0 radical (unpaired) electrons. The predicted molar refractivity (Wildman–Crippen MR) is 134 cm³/mol. The van der Waals surface area contributed by atoms with Gasteiger partial charge in [-0.2, -0.15) is 13.2 Å². The summed E-state index contributed by atoms with van der Waals surface area (Å²) in [5.41, 5.74) is 0.324. The third-order valence-electron chi connectivity index (χ3n) is 6.73. The molecule has 0 saturated carbocycles. The predicted octanol–water partition coefficient (Wildman–Crippen LogP) is 6.55. The van der Waals surface area contributed by atoms with Crippen LogP contribution >= 0.6 is 0 Å². The summed E-state index contributed by atoms with van der Waals surface area (Å²) in [6.07, 6.45) is -1.98. The Kier molecular flexibility index (Phi) is 6.99. The van der Waals surface area contributed by atoms with E-state index in [1.54, 1.807) is 30.3 Å². The van der Waals surface area contributed by atoms with Gasteiger partial charge in [-0.25, -0.2) is 23.1 Å². The number of ether oxygens (including phenoxy) is 1. The van der Waals surface area contributed by atoms with Gasteiger partial charge in [0.1, 0.15) is 11.6 Å². The maximum atomic E-state index is 14.8. The topological polar surface area (TPSA) is 55.3 Å². The van der Waals surface area contributed by atoms with E-state index in [2.05, 4.69) is 9.97 Å². The number of halogens is 6. The van der Waals surface area contributed by atoms with E-state index in [0.717, 1.165) is 6.07 Å². The number of carbonyl (C=O) groups excluding carboxylic acids is 1. The first-order valence-corrected chi connectivity index (χ1v) is 12.1. The highest BCUT2D eigenvalue weighted by Gasteiger charge is 2.46. The second-order valence-corrected chi connectivity index (χ2v) is 9.61. The fourth-order valence-electron chi connectivity index (χ4n) is 4.88. The Bertz CT molecular complexity index is 1580. The van der Waals surface area contributed by atoms with Crippen molar-refractivity contribution in [1.29, 1.82) is 0 Å². The Hall–Kier alpha value is -4.41. The van der Waals surface area contributed by atoms with Crippen LogP contribution in [0.15, 0.2) is 73.1 Å². The molecule has 0 bridgehead atoms. The van der Waals surface area contributed by atoms with Gasteiger partial charge < -0.3 is 4.74 Å². The molecule has 1 aliphatic rings. The first kappa shape index (κ1) is 27.2. The van der Waals surface area contributed by atoms with Crippen LogP contribution in [0.5, 0.6) is 5.75 Å². The number of alkyl halides is 3. The van der Waals surface area contributed by atoms with Gasteiger partial charge in [-0.1, -0.05) is 24.3 Å². The number of amides is 1. The van der Waals surface area contributed by atoms with Crippen molar-refractivity contribution in [3.63, 3.8) is 0 Å². The van der Waals surface area contributed by atoms with Crippen molar-refractivity contribution in [2.45, 2.75) is 31.5 Å². The largest absolute Gasteiger partial charge is 0.484 e. The van der Waals surface area contributed by atoms with E-state index in [1.165, 1.54) is 42.4 Å². The highest BCUT2D eigenvalue weighted by atomic mass is 19.4. The lowest BCUT2D eigenvalue weighted by molar-refractivity contribution is -0.153. The Morgan fingerprint density at radius 3 is 2.40 bits per heavy atom. The molecule has 0 saturated heterocycles. The maximum Gasteiger partial charge on any atom is 0.422 e. The summed E-state index contributed by atoms with van der Waals surface area (Å²) in [6, 6.07) is 14.0. The van der Waals surface area contributed by atoms with E-state index < -0.39 is 41.6 Å². The Morgan fingerprint density at radius 1 is 0.950 bits per heavy atom. The SMILES string of the molecule is CC1(Cc2cc(F)cc(F)c2F)C(=O)N(c2ncccn2)Cc2ccc(-c3cccc(OCC(F)(F)F)c3)cc21. The molecule has 0 spiro atoms. The van der Waals surface area contributed by atoms with Crippen LogP contribution in [0.2, 0.25) is 0 Å². The summed E-state index contributed by atoms with van der Waals surface area (Å²) in [5.74, 6) is -4.06. The van der Waals surface area contributed by atoms with Gasteiger partial charge in [0.05, 0.1) is 12.0 Å². The van der Waals surface area contributed by atoms with E-state index in [1.807, 2.05) is 0 Å². The molecule has 2 heterocycles. The van der Waals surface area contributed by atoms with E-state index in [9.17, 15) is 31.1 Å². The van der Waals surface area contributed by atoms with Gasteiger partial charge in [0.2, 0.25) is 11.9 Å². The van der Waals surface area contributed by atoms with Crippen molar-refractivity contribution in [2.24, 2.45) is 0 Å². The lowest BCUT2D eigenvalue weighted by Gasteiger charge is -2.40. The fraction of sp³-hybridized carbons (Fsp3) is 0.207. The van der Waals surface area contributed by atoms with Crippen LogP contribution in [0.3, 0.4) is 0 Å². The van der Waals surface area contributed by atoms with Gasteiger partial charge in [0, 0.05) is 18.5 Å². The summed E-state index contributed by atoms with van der Waals surface area (Å²) >= 11 is 0. The lowest BCUT2D eigenvalue weighted by Crippen LogP contribution is -2.51. The highest BCUT2D eigenvalue weighted by Crippen LogP contribution is 2.41. The summed E-state index contributed by atoms with van der Waals surface area (Å²) in [6.45, 7) is 0.154. The number of anilines is 1. The smallest absolute Gasteiger partial charge is 0.422 e. The van der Waals surface area contributed by atoms with E-state index in [-0.39, 0.29) is 30.2 Å². The zero-order valence-electron chi connectivity index (χ0n) is 21.0. The Morgan fingerprint density at radius 2 is 1.68 bits per heavy atom. The molecule has 206 valence electrons. The maximum absolute atomic E-state index is 14.8. The summed E-state index contributed by atoms with van der Waals surface area (Å²) < 4.78 is 85.8. The number of rotatable bonds is 6. The zero-order valence-corrected chi connectivity index (χ0v) is 21.0. The number of hydrogen-bond donors (Lipinski definition) is 0. The lowest BCUT2D eigenvalue weighted by atomic mass is 9.71. The molecular formula is C29H21F6N3O2. The molecule has 1 unspecified atom stereocenters. The van der Waals surface area contributed by atoms with Crippen molar-refractivity contribution < 1.29 is 35.9 Å². The summed E-state index contributed by atoms with van der Waals surface area (Å²) in [4.78, 5) is 23.6. The molecule has 11 heteroatoms. The van der Waals surface area contributed by atoms with Gasteiger partial charge in [-0.15, -0.1) is 0 Å². The van der Waals surface area contributed by atoms with Crippen molar-refractivity contribution in [1.82, 2.24) is 9.97 Å². The van der Waals surface area contributed by atoms with Crippen LogP contribution in [0.4, 0.5) is 32.3 Å². The monoisotopic (exact) mass is 557 g/mol. The molecule has 0 aliphatic carbocycles.